The maximum Gasteiger partial charge on any atom is 0.293 e. The molecule has 1 amide bonds. The number of hydroxylamine groups is 1. The van der Waals surface area contributed by atoms with Crippen LogP contribution in [0.2, 0.25) is 0 Å². The Kier molecular flexibility index (Phi) is 5.71. The van der Waals surface area contributed by atoms with Gasteiger partial charge in [-0.3, -0.25) is 14.8 Å². The van der Waals surface area contributed by atoms with Crippen LogP contribution >= 0.6 is 0 Å². The number of pyridine rings is 1. The zero-order chi connectivity index (χ0) is 20.4. The highest BCUT2D eigenvalue weighted by Gasteiger charge is 2.43. The van der Waals surface area contributed by atoms with Crippen molar-refractivity contribution >= 4 is 15.7 Å². The minimum absolute atomic E-state index is 0.268. The van der Waals surface area contributed by atoms with Crippen LogP contribution in [-0.4, -0.2) is 40.2 Å². The third kappa shape index (κ3) is 3.86. The van der Waals surface area contributed by atoms with Crippen LogP contribution in [0, 0.1) is 5.82 Å². The first kappa shape index (κ1) is 20.6. The molecule has 146 valence electrons. The molecule has 1 aromatic carbocycles. The Morgan fingerprint density at radius 1 is 1.30 bits per heavy atom. The molecule has 8 nitrogen and oxygen atoms in total. The van der Waals surface area contributed by atoms with E-state index in [2.05, 4.69) is 0 Å². The average Bonchev–Trinajstić information content (AvgIpc) is 2.62. The van der Waals surface area contributed by atoms with E-state index in [-0.39, 0.29) is 12.1 Å². The zero-order valence-corrected chi connectivity index (χ0v) is 15.5. The number of carbonyl (C=O) groups excluding carboxylic acids is 1. The molecule has 2 aromatic rings. The monoisotopic (exact) mass is 398 g/mol. The van der Waals surface area contributed by atoms with Crippen LogP contribution in [0.15, 0.2) is 41.3 Å². The molecule has 1 heterocycles. The summed E-state index contributed by atoms with van der Waals surface area (Å²) in [5, 5.41) is 19.0. The number of amides is 1. The third-order valence-corrected chi connectivity index (χ3v) is 6.53. The van der Waals surface area contributed by atoms with Gasteiger partial charge in [0.1, 0.15) is 0 Å². The molecule has 10 heteroatoms. The average molecular weight is 398 g/mol. The van der Waals surface area contributed by atoms with E-state index in [1.165, 1.54) is 17.6 Å². The van der Waals surface area contributed by atoms with Gasteiger partial charge in [0.25, 0.3) is 11.5 Å². The van der Waals surface area contributed by atoms with Crippen LogP contribution in [0.25, 0.3) is 11.1 Å². The smallest absolute Gasteiger partial charge is 0.293 e. The lowest BCUT2D eigenvalue weighted by Crippen LogP contribution is -2.50. The summed E-state index contributed by atoms with van der Waals surface area (Å²) in [4.78, 5) is 24.2. The molecule has 2 rings (SSSR count). The van der Waals surface area contributed by atoms with Gasteiger partial charge in [0.2, 0.25) is 0 Å². The second kappa shape index (κ2) is 7.49. The number of aromatic hydroxyl groups is 1. The quantitative estimate of drug-likeness (QED) is 0.493. The van der Waals surface area contributed by atoms with Crippen LogP contribution in [0.5, 0.6) is 5.75 Å². The normalized spacial score (nSPS) is 13.8. The molecule has 1 unspecified atom stereocenters. The van der Waals surface area contributed by atoms with Crippen molar-refractivity contribution in [2.24, 2.45) is 0 Å². The lowest BCUT2D eigenvalue weighted by atomic mass is 10.0. The summed E-state index contributed by atoms with van der Waals surface area (Å²) in [6, 6.07) is 7.97. The molecular formula is C17H19FN2O6S. The van der Waals surface area contributed by atoms with Crippen molar-refractivity contribution in [3.63, 3.8) is 0 Å². The fourth-order valence-corrected chi connectivity index (χ4v) is 3.43. The van der Waals surface area contributed by atoms with Gasteiger partial charge in [0, 0.05) is 19.0 Å². The number of sulfone groups is 1. The minimum atomic E-state index is -3.97. The number of nitrogens with zero attached hydrogens (tertiary/aromatic N) is 1. The van der Waals surface area contributed by atoms with E-state index < -0.39 is 44.0 Å². The summed E-state index contributed by atoms with van der Waals surface area (Å²) in [6.07, 6.45) is 1.22. The summed E-state index contributed by atoms with van der Waals surface area (Å²) in [5.74, 6) is -2.89. The Hall–Kier alpha value is -2.72. The van der Waals surface area contributed by atoms with Gasteiger partial charge in [-0.2, -0.15) is 0 Å². The predicted octanol–water partition coefficient (Wildman–Crippen LogP) is 1.06. The number of hydrogen-bond acceptors (Lipinski definition) is 6. The van der Waals surface area contributed by atoms with Crippen LogP contribution in [0.1, 0.15) is 13.3 Å². The SMILES string of the molecule is CC(CCn1cc(F)c(-c2ccccc2)c(O)c1=O)(C(=O)NO)S(C)(=O)=O. The molecule has 0 radical (unpaired) electrons. The van der Waals surface area contributed by atoms with Crippen molar-refractivity contribution in [3.05, 3.63) is 52.7 Å². The van der Waals surface area contributed by atoms with Crippen molar-refractivity contribution < 1.29 is 27.9 Å². The van der Waals surface area contributed by atoms with Crippen molar-refractivity contribution in [2.75, 3.05) is 6.26 Å². The van der Waals surface area contributed by atoms with Crippen molar-refractivity contribution in [1.29, 1.82) is 0 Å². The first-order valence-electron chi connectivity index (χ1n) is 7.84. The van der Waals surface area contributed by atoms with Crippen LogP contribution in [-0.2, 0) is 21.2 Å². The first-order valence-corrected chi connectivity index (χ1v) is 9.73. The minimum Gasteiger partial charge on any atom is -0.503 e. The molecule has 3 N–H and O–H groups in total. The lowest BCUT2D eigenvalue weighted by Gasteiger charge is -2.25. The fraction of sp³-hybridized carbons (Fsp3) is 0.294. The van der Waals surface area contributed by atoms with Gasteiger partial charge in [-0.1, -0.05) is 30.3 Å². The van der Waals surface area contributed by atoms with E-state index in [0.29, 0.717) is 5.56 Å². The molecule has 0 aliphatic rings. The van der Waals surface area contributed by atoms with E-state index >= 15 is 0 Å². The zero-order valence-electron chi connectivity index (χ0n) is 14.6. The van der Waals surface area contributed by atoms with Gasteiger partial charge in [-0.05, 0) is 18.9 Å². The number of nitrogens with one attached hydrogen (secondary N) is 1. The number of benzene rings is 1. The van der Waals surface area contributed by atoms with E-state index in [9.17, 15) is 27.5 Å². The summed E-state index contributed by atoms with van der Waals surface area (Å²) >= 11 is 0. The second-order valence-electron chi connectivity index (χ2n) is 6.26. The van der Waals surface area contributed by atoms with Crippen molar-refractivity contribution in [3.8, 4) is 16.9 Å². The molecule has 0 fully saturated rings. The highest BCUT2D eigenvalue weighted by atomic mass is 32.2. The van der Waals surface area contributed by atoms with Gasteiger partial charge < -0.3 is 9.67 Å². The summed E-state index contributed by atoms with van der Waals surface area (Å²) in [7, 11) is -3.97. The number of carbonyl (C=O) groups is 1. The number of halogens is 1. The van der Waals surface area contributed by atoms with E-state index in [1.54, 1.807) is 18.2 Å². The van der Waals surface area contributed by atoms with E-state index in [1.807, 2.05) is 0 Å². The van der Waals surface area contributed by atoms with E-state index in [0.717, 1.165) is 23.9 Å². The Morgan fingerprint density at radius 3 is 2.41 bits per heavy atom. The maximum absolute atomic E-state index is 14.5. The summed E-state index contributed by atoms with van der Waals surface area (Å²) in [5.41, 5.74) is 0.388. The Balaban J connectivity index is 2.44. The molecule has 1 atom stereocenters. The largest absolute Gasteiger partial charge is 0.503 e. The number of aromatic nitrogens is 1. The Bertz CT molecular complexity index is 1020. The molecule has 0 aliphatic heterocycles. The van der Waals surface area contributed by atoms with Crippen molar-refractivity contribution in [1.82, 2.24) is 10.0 Å². The summed E-state index contributed by atoms with van der Waals surface area (Å²) < 4.78 is 37.1. The molecular weight excluding hydrogens is 379 g/mol. The van der Waals surface area contributed by atoms with Gasteiger partial charge in [-0.15, -0.1) is 0 Å². The van der Waals surface area contributed by atoms with Gasteiger partial charge in [0.05, 0.1) is 5.56 Å². The molecule has 0 bridgehead atoms. The highest BCUT2D eigenvalue weighted by Crippen LogP contribution is 2.29. The predicted molar refractivity (Wildman–Crippen MR) is 95.6 cm³/mol. The standard InChI is InChI=1S/C17H19FN2O6S/c1-17(16(23)19-24,27(2,25)26)8-9-20-10-12(18)13(14(21)15(20)22)11-6-4-3-5-7-11/h3-7,10,21,24H,8-9H2,1-2H3,(H,19,23). The van der Waals surface area contributed by atoms with Gasteiger partial charge in [0.15, 0.2) is 26.2 Å². The van der Waals surface area contributed by atoms with Gasteiger partial charge >= 0.3 is 0 Å². The lowest BCUT2D eigenvalue weighted by molar-refractivity contribution is -0.131. The topological polar surface area (TPSA) is 126 Å². The Labute approximate surface area is 154 Å². The van der Waals surface area contributed by atoms with Crippen LogP contribution in [0.4, 0.5) is 4.39 Å². The molecule has 27 heavy (non-hydrogen) atoms. The highest BCUT2D eigenvalue weighted by molar-refractivity contribution is 7.92. The Morgan fingerprint density at radius 2 is 1.89 bits per heavy atom. The molecule has 0 aliphatic carbocycles. The molecule has 0 saturated heterocycles. The third-order valence-electron chi connectivity index (χ3n) is 4.50. The van der Waals surface area contributed by atoms with Gasteiger partial charge in [-0.25, -0.2) is 18.3 Å². The first-order chi connectivity index (χ1) is 12.5. The fourth-order valence-electron chi connectivity index (χ4n) is 2.58. The maximum atomic E-state index is 14.5. The van der Waals surface area contributed by atoms with Crippen LogP contribution in [0.3, 0.4) is 0 Å². The van der Waals surface area contributed by atoms with Crippen molar-refractivity contribution in [2.45, 2.75) is 24.6 Å². The van der Waals surface area contributed by atoms with Crippen LogP contribution < -0.4 is 11.0 Å². The molecule has 0 saturated carbocycles. The number of aryl methyl sites for hydroxylation is 1. The number of rotatable bonds is 6. The molecule has 1 aromatic heterocycles. The van der Waals surface area contributed by atoms with E-state index in [4.69, 9.17) is 5.21 Å². The number of hydrogen-bond donors (Lipinski definition) is 3. The molecule has 0 spiro atoms. The second-order valence-corrected chi connectivity index (χ2v) is 8.70. The summed E-state index contributed by atoms with van der Waals surface area (Å²) in [6.45, 7) is 0.697.